The Labute approximate surface area is 163 Å². The van der Waals surface area contributed by atoms with E-state index in [1.165, 1.54) is 6.33 Å². The fourth-order valence-electron chi connectivity index (χ4n) is 2.97. The Hall–Kier alpha value is -2.75. The highest BCUT2D eigenvalue weighted by atomic mass is 16.5. The van der Waals surface area contributed by atoms with Crippen molar-refractivity contribution in [3.05, 3.63) is 54.1 Å². The summed E-state index contributed by atoms with van der Waals surface area (Å²) in [4.78, 5) is 32.3. The Bertz CT molecular complexity index is 746. The zero-order chi connectivity index (χ0) is 19.8. The third-order valence-electron chi connectivity index (χ3n) is 4.53. The number of nitrogens with two attached hydrogens (primary N) is 1. The molecule has 2 amide bonds. The Morgan fingerprint density at radius 3 is 2.61 bits per heavy atom. The molecule has 0 unspecified atom stereocenters. The minimum atomic E-state index is -0.782. The Kier molecular flexibility index (Phi) is 7.12. The maximum Gasteiger partial charge on any atom is 0.257 e. The normalized spacial score (nSPS) is 16.9. The first-order valence-electron chi connectivity index (χ1n) is 9.32. The first kappa shape index (κ1) is 20.0. The molecule has 9 nitrogen and oxygen atoms in total. The number of carbonyl (C=O) groups excluding carboxylic acids is 2. The van der Waals surface area contributed by atoms with E-state index in [4.69, 9.17) is 10.5 Å². The van der Waals surface area contributed by atoms with Crippen molar-refractivity contribution in [2.24, 2.45) is 5.73 Å². The molecule has 9 heteroatoms. The molecule has 2 aromatic rings. The van der Waals surface area contributed by atoms with Gasteiger partial charge in [-0.3, -0.25) is 15.0 Å². The van der Waals surface area contributed by atoms with Gasteiger partial charge in [-0.05, 0) is 5.56 Å². The molecule has 0 aliphatic carbocycles. The van der Waals surface area contributed by atoms with Crippen molar-refractivity contribution in [3.8, 4) is 0 Å². The predicted octanol–water partition coefficient (Wildman–Crippen LogP) is -0.630. The van der Waals surface area contributed by atoms with Crippen LogP contribution in [-0.2, 0) is 27.2 Å². The van der Waals surface area contributed by atoms with Gasteiger partial charge in [0.25, 0.3) is 5.91 Å². The van der Waals surface area contributed by atoms with Gasteiger partial charge in [-0.15, -0.1) is 0 Å². The van der Waals surface area contributed by atoms with Crippen molar-refractivity contribution < 1.29 is 14.3 Å². The second-order valence-electron chi connectivity index (χ2n) is 6.71. The lowest BCUT2D eigenvalue weighted by Crippen LogP contribution is -2.57. The first-order valence-corrected chi connectivity index (χ1v) is 9.32. The van der Waals surface area contributed by atoms with Gasteiger partial charge in [0.05, 0.1) is 25.6 Å². The number of imidazole rings is 1. The Morgan fingerprint density at radius 1 is 1.18 bits per heavy atom. The van der Waals surface area contributed by atoms with Crippen molar-refractivity contribution >= 4 is 11.8 Å². The summed E-state index contributed by atoms with van der Waals surface area (Å²) in [5.74, 6) is -0.652. The van der Waals surface area contributed by atoms with Crippen LogP contribution in [0, 0.1) is 0 Å². The quantitative estimate of drug-likeness (QED) is 0.479. The van der Waals surface area contributed by atoms with Crippen LogP contribution in [-0.4, -0.2) is 65.2 Å². The average molecular weight is 386 g/mol. The highest BCUT2D eigenvalue weighted by Crippen LogP contribution is 2.05. The first-order chi connectivity index (χ1) is 13.6. The fraction of sp³-hybridized carbons (Fsp3) is 0.421. The van der Waals surface area contributed by atoms with E-state index in [2.05, 4.69) is 20.7 Å². The maximum absolute atomic E-state index is 12.8. The number of rotatable bonds is 8. The summed E-state index contributed by atoms with van der Waals surface area (Å²) < 4.78 is 5.30. The molecule has 0 radical (unpaired) electrons. The van der Waals surface area contributed by atoms with Crippen LogP contribution >= 0.6 is 0 Å². The Morgan fingerprint density at radius 2 is 1.93 bits per heavy atom. The van der Waals surface area contributed by atoms with Gasteiger partial charge in [-0.2, -0.15) is 0 Å². The molecule has 2 heterocycles. The molecular weight excluding hydrogens is 360 g/mol. The third kappa shape index (κ3) is 5.88. The zero-order valence-electron chi connectivity index (χ0n) is 15.6. The van der Waals surface area contributed by atoms with Gasteiger partial charge in [0.15, 0.2) is 0 Å². The molecule has 1 aliphatic heterocycles. The van der Waals surface area contributed by atoms with Crippen LogP contribution in [0.25, 0.3) is 0 Å². The third-order valence-corrected chi connectivity index (χ3v) is 4.53. The lowest BCUT2D eigenvalue weighted by molar-refractivity contribution is -0.134. The van der Waals surface area contributed by atoms with E-state index in [1.54, 1.807) is 11.2 Å². The molecule has 0 bridgehead atoms. The monoisotopic (exact) mass is 386 g/mol. The molecular formula is C19H26N6O3. The number of ether oxygens (including phenoxy) is 1. The molecule has 0 spiro atoms. The molecule has 1 saturated heterocycles. The van der Waals surface area contributed by atoms with Crippen molar-refractivity contribution in [1.82, 2.24) is 25.7 Å². The number of hydrogen-bond acceptors (Lipinski definition) is 6. The van der Waals surface area contributed by atoms with E-state index >= 15 is 0 Å². The summed E-state index contributed by atoms with van der Waals surface area (Å²) in [6.07, 6.45) is 3.85. The van der Waals surface area contributed by atoms with Gasteiger partial charge < -0.3 is 20.8 Å². The molecule has 150 valence electrons. The second kappa shape index (κ2) is 9.98. The molecule has 1 fully saturated rings. The number of hydrazine groups is 1. The zero-order valence-corrected chi connectivity index (χ0v) is 15.6. The smallest absolute Gasteiger partial charge is 0.257 e. The molecule has 3 rings (SSSR count). The number of H-pyrrole nitrogens is 1. The molecule has 28 heavy (non-hydrogen) atoms. The van der Waals surface area contributed by atoms with E-state index in [0.29, 0.717) is 39.1 Å². The van der Waals surface area contributed by atoms with E-state index in [1.807, 2.05) is 30.3 Å². The molecule has 2 atom stereocenters. The van der Waals surface area contributed by atoms with Crippen LogP contribution in [0.4, 0.5) is 0 Å². The average Bonchev–Trinajstić information content (AvgIpc) is 3.22. The van der Waals surface area contributed by atoms with Crippen LogP contribution < -0.4 is 16.5 Å². The highest BCUT2D eigenvalue weighted by Gasteiger charge is 2.26. The van der Waals surface area contributed by atoms with Crippen LogP contribution in [0.3, 0.4) is 0 Å². The second-order valence-corrected chi connectivity index (χ2v) is 6.71. The van der Waals surface area contributed by atoms with Crippen molar-refractivity contribution in [2.75, 3.05) is 26.3 Å². The number of benzene rings is 1. The van der Waals surface area contributed by atoms with Gasteiger partial charge in [0.1, 0.15) is 6.04 Å². The number of nitrogens with zero attached hydrogens (tertiary/aromatic N) is 2. The lowest BCUT2D eigenvalue weighted by atomic mass is 10.0. The van der Waals surface area contributed by atoms with E-state index < -0.39 is 12.1 Å². The van der Waals surface area contributed by atoms with Gasteiger partial charge in [-0.25, -0.2) is 9.99 Å². The topological polar surface area (TPSA) is 125 Å². The number of morpholine rings is 1. The van der Waals surface area contributed by atoms with Gasteiger partial charge >= 0.3 is 0 Å². The SMILES string of the molecule is N[C@H](Cc1cnc[nH]1)C(=O)N[C@H](Cc1ccccc1)C(=O)NN1CCOCC1. The standard InChI is InChI=1S/C19H26N6O3/c20-16(11-15-12-21-13-22-15)18(26)23-17(10-14-4-2-1-3-5-14)19(27)24-25-6-8-28-9-7-25/h1-5,12-13,16-17H,6-11,20H2,(H,21,22)(H,23,26)(H,24,27)/t16-,17-/m1/s1. The lowest BCUT2D eigenvalue weighted by Gasteiger charge is -2.29. The van der Waals surface area contributed by atoms with E-state index in [-0.39, 0.29) is 11.8 Å². The minimum Gasteiger partial charge on any atom is -0.379 e. The highest BCUT2D eigenvalue weighted by molar-refractivity contribution is 5.89. The summed E-state index contributed by atoms with van der Waals surface area (Å²) in [7, 11) is 0. The van der Waals surface area contributed by atoms with Crippen LogP contribution in [0.15, 0.2) is 42.9 Å². The predicted molar refractivity (Wildman–Crippen MR) is 103 cm³/mol. The van der Waals surface area contributed by atoms with Crippen molar-refractivity contribution in [1.29, 1.82) is 0 Å². The fourth-order valence-corrected chi connectivity index (χ4v) is 2.97. The number of aromatic amines is 1. The number of carbonyl (C=O) groups is 2. The summed E-state index contributed by atoms with van der Waals surface area (Å²) >= 11 is 0. The van der Waals surface area contributed by atoms with Gasteiger partial charge in [-0.1, -0.05) is 30.3 Å². The van der Waals surface area contributed by atoms with Gasteiger partial charge in [0, 0.05) is 37.8 Å². The van der Waals surface area contributed by atoms with E-state index in [0.717, 1.165) is 11.3 Å². The molecule has 1 aromatic heterocycles. The maximum atomic E-state index is 12.8. The van der Waals surface area contributed by atoms with Crippen LogP contribution in [0.1, 0.15) is 11.3 Å². The van der Waals surface area contributed by atoms with Crippen molar-refractivity contribution in [2.45, 2.75) is 24.9 Å². The summed E-state index contributed by atoms with van der Waals surface area (Å²) in [5, 5.41) is 4.60. The largest absolute Gasteiger partial charge is 0.379 e. The number of amides is 2. The number of nitrogens with one attached hydrogen (secondary N) is 3. The summed E-state index contributed by atoms with van der Waals surface area (Å²) in [6.45, 7) is 2.34. The molecule has 1 aromatic carbocycles. The van der Waals surface area contributed by atoms with Crippen LogP contribution in [0.2, 0.25) is 0 Å². The van der Waals surface area contributed by atoms with Crippen LogP contribution in [0.5, 0.6) is 0 Å². The number of hydrogen-bond donors (Lipinski definition) is 4. The Balaban J connectivity index is 1.64. The molecule has 5 N–H and O–H groups in total. The van der Waals surface area contributed by atoms with E-state index in [9.17, 15) is 9.59 Å². The van der Waals surface area contributed by atoms with Gasteiger partial charge in [0.2, 0.25) is 5.91 Å². The molecule has 0 saturated carbocycles. The minimum absolute atomic E-state index is 0.271. The summed E-state index contributed by atoms with van der Waals surface area (Å²) in [5.41, 5.74) is 10.6. The number of aromatic nitrogens is 2. The molecule has 1 aliphatic rings. The summed E-state index contributed by atoms with van der Waals surface area (Å²) in [6, 6.07) is 8.04. The van der Waals surface area contributed by atoms with Crippen molar-refractivity contribution in [3.63, 3.8) is 0 Å².